The number of benzene rings is 2. The first-order valence-electron chi connectivity index (χ1n) is 14.3. The molecule has 0 radical (unpaired) electrons. The summed E-state index contributed by atoms with van der Waals surface area (Å²) in [6.07, 6.45) is -0.0479. The molecule has 1 atom stereocenters. The Bertz CT molecular complexity index is 1350. The van der Waals surface area contributed by atoms with E-state index in [4.69, 9.17) is 22.7 Å². The maximum Gasteiger partial charge on any atom is 0.414 e. The number of Topliss-reactive ketones (excluding diaryl/α,β-unsaturated/α-hetero) is 1. The maximum atomic E-state index is 15.2. The highest BCUT2D eigenvalue weighted by Gasteiger charge is 2.33. The number of carbonyl (C=O) groups excluding carboxylic acids is 4. The molecular weight excluding hydrogens is 575 g/mol. The third-order valence-corrected chi connectivity index (χ3v) is 7.89. The van der Waals surface area contributed by atoms with Crippen molar-refractivity contribution in [1.82, 2.24) is 15.5 Å². The van der Waals surface area contributed by atoms with E-state index in [0.717, 1.165) is 5.56 Å². The van der Waals surface area contributed by atoms with Gasteiger partial charge in [-0.3, -0.25) is 19.3 Å². The number of hydrogen-bond donors (Lipinski definition) is 3. The number of hydrogen-bond acceptors (Lipinski definition) is 8. The molecule has 2 aromatic carbocycles. The minimum Gasteiger partial charge on any atom is -0.442 e. The van der Waals surface area contributed by atoms with Crippen molar-refractivity contribution in [1.29, 1.82) is 0 Å². The summed E-state index contributed by atoms with van der Waals surface area (Å²) >= 11 is 5.15. The molecule has 0 spiro atoms. The lowest BCUT2D eigenvalue weighted by atomic mass is 10.0. The van der Waals surface area contributed by atoms with Crippen LogP contribution in [0.25, 0.3) is 0 Å². The Morgan fingerprint density at radius 1 is 1.05 bits per heavy atom. The number of nitrogens with one attached hydrogen (secondary N) is 2. The van der Waals surface area contributed by atoms with E-state index in [0.29, 0.717) is 74.2 Å². The van der Waals surface area contributed by atoms with Gasteiger partial charge in [-0.15, -0.1) is 0 Å². The van der Waals surface area contributed by atoms with E-state index in [9.17, 15) is 19.2 Å². The highest BCUT2D eigenvalue weighted by molar-refractivity contribution is 7.80. The summed E-state index contributed by atoms with van der Waals surface area (Å²) in [6, 6.07) is 11.5. The molecule has 0 unspecified atom stereocenters. The molecule has 0 bridgehead atoms. The fourth-order valence-corrected chi connectivity index (χ4v) is 5.00. The second-order valence-corrected chi connectivity index (χ2v) is 10.9. The highest BCUT2D eigenvalue weighted by atomic mass is 32.1. The molecule has 2 aliphatic rings. The molecule has 4 rings (SSSR count). The molecule has 2 heterocycles. The fourth-order valence-electron chi connectivity index (χ4n) is 4.91. The van der Waals surface area contributed by atoms with E-state index < -0.39 is 11.9 Å². The van der Waals surface area contributed by atoms with Crippen LogP contribution in [0.15, 0.2) is 42.5 Å². The van der Waals surface area contributed by atoms with E-state index in [-0.39, 0.29) is 43.1 Å². The monoisotopic (exact) mass is 612 g/mol. The number of cyclic esters (lactones) is 1. The molecule has 2 fully saturated rings. The van der Waals surface area contributed by atoms with Gasteiger partial charge in [-0.05, 0) is 30.2 Å². The number of ether oxygens (including phenoxy) is 1. The second kappa shape index (κ2) is 14.9. The number of nitrogens with zero attached hydrogens (tertiary/aromatic N) is 3. The number of amides is 3. The van der Waals surface area contributed by atoms with E-state index in [2.05, 4.69) is 10.6 Å². The lowest BCUT2D eigenvalue weighted by Gasteiger charge is -2.36. The summed E-state index contributed by atoms with van der Waals surface area (Å²) in [5, 5.41) is 5.73. The molecule has 0 aromatic heterocycles. The highest BCUT2D eigenvalue weighted by Crippen LogP contribution is 2.28. The molecule has 2 aliphatic heterocycles. The van der Waals surface area contributed by atoms with Crippen molar-refractivity contribution >= 4 is 52.3 Å². The SMILES string of the molecule is CCC(=S)NC[C@@H]1CN(c2ccc(N3CCN(C(=O)CCC(=O)c4ccc(CNC(=O)CN)cc4)CC3)c(F)c2)C(=O)O1. The van der Waals surface area contributed by atoms with Gasteiger partial charge in [-0.25, -0.2) is 9.18 Å². The third kappa shape index (κ3) is 8.48. The average Bonchev–Trinajstić information content (AvgIpc) is 3.41. The first-order chi connectivity index (χ1) is 20.7. The van der Waals surface area contributed by atoms with Crippen molar-refractivity contribution < 1.29 is 28.3 Å². The molecular formula is C30H37FN6O5S. The lowest BCUT2D eigenvalue weighted by molar-refractivity contribution is -0.131. The van der Waals surface area contributed by atoms with Crippen LogP contribution < -0.4 is 26.2 Å². The number of rotatable bonds is 12. The number of nitrogens with two attached hydrogens (primary N) is 1. The third-order valence-electron chi connectivity index (χ3n) is 7.46. The Kier molecular flexibility index (Phi) is 11.0. The Hall–Kier alpha value is -4.10. The predicted molar refractivity (Wildman–Crippen MR) is 165 cm³/mol. The zero-order chi connectivity index (χ0) is 30.9. The Labute approximate surface area is 255 Å². The number of ketones is 1. The van der Waals surface area contributed by atoms with E-state index in [1.165, 1.54) is 11.0 Å². The van der Waals surface area contributed by atoms with Gasteiger partial charge in [0.15, 0.2) is 5.78 Å². The fraction of sp³-hybridized carbons (Fsp3) is 0.433. The molecule has 11 nitrogen and oxygen atoms in total. The van der Waals surface area contributed by atoms with Crippen LogP contribution in [-0.4, -0.2) is 85.5 Å². The van der Waals surface area contributed by atoms with Gasteiger partial charge >= 0.3 is 6.09 Å². The first-order valence-corrected chi connectivity index (χ1v) is 14.7. The Morgan fingerprint density at radius 2 is 1.77 bits per heavy atom. The minimum atomic E-state index is -0.530. The van der Waals surface area contributed by atoms with Gasteiger partial charge in [0.1, 0.15) is 11.9 Å². The summed E-state index contributed by atoms with van der Waals surface area (Å²) < 4.78 is 20.6. The number of carbonyl (C=O) groups is 4. The van der Waals surface area contributed by atoms with Crippen LogP contribution in [0.3, 0.4) is 0 Å². The van der Waals surface area contributed by atoms with E-state index in [1.54, 1.807) is 41.3 Å². The van der Waals surface area contributed by atoms with Gasteiger partial charge in [0.05, 0.1) is 36.0 Å². The summed E-state index contributed by atoms with van der Waals surface area (Å²) in [4.78, 5) is 54.7. The van der Waals surface area contributed by atoms with Gasteiger partial charge in [-0.2, -0.15) is 0 Å². The van der Waals surface area contributed by atoms with Crippen LogP contribution in [0.1, 0.15) is 42.1 Å². The van der Waals surface area contributed by atoms with Crippen molar-refractivity contribution in [2.45, 2.75) is 38.8 Å². The van der Waals surface area contributed by atoms with E-state index in [1.807, 2.05) is 11.8 Å². The van der Waals surface area contributed by atoms with Crippen molar-refractivity contribution in [2.75, 3.05) is 55.6 Å². The topological polar surface area (TPSA) is 137 Å². The number of thiocarbonyl (C=S) groups is 1. The zero-order valence-electron chi connectivity index (χ0n) is 24.1. The van der Waals surface area contributed by atoms with Crippen LogP contribution >= 0.6 is 12.2 Å². The van der Waals surface area contributed by atoms with Gasteiger partial charge in [0.25, 0.3) is 0 Å². The molecule has 2 aromatic rings. The molecule has 2 saturated heterocycles. The van der Waals surface area contributed by atoms with E-state index >= 15 is 4.39 Å². The van der Waals surface area contributed by atoms with Crippen molar-refractivity contribution in [3.63, 3.8) is 0 Å². The second-order valence-electron chi connectivity index (χ2n) is 10.4. The molecule has 13 heteroatoms. The smallest absolute Gasteiger partial charge is 0.414 e. The normalized spacial score (nSPS) is 16.6. The maximum absolute atomic E-state index is 15.2. The number of halogens is 1. The number of piperazine rings is 1. The van der Waals surface area contributed by atoms with Crippen LogP contribution in [-0.2, 0) is 20.9 Å². The Morgan fingerprint density at radius 3 is 2.42 bits per heavy atom. The Balaban J connectivity index is 1.23. The van der Waals surface area contributed by atoms with Crippen LogP contribution in [0.4, 0.5) is 20.6 Å². The standard InChI is InChI=1S/C30H37FN6O5S/c1-2-28(43)34-18-23-19-37(30(41)42-23)22-7-8-25(24(31)15-22)35-11-13-36(14-12-35)29(40)10-9-26(38)21-5-3-20(4-6-21)17-33-27(39)16-32/h3-8,15,23H,2,9-14,16-19,32H2,1H3,(H,33,39)(H,34,43)/t23-/m1/s1. The number of anilines is 2. The van der Waals surface area contributed by atoms with Crippen molar-refractivity contribution in [3.8, 4) is 0 Å². The molecule has 4 N–H and O–H groups in total. The summed E-state index contributed by atoms with van der Waals surface area (Å²) in [6.45, 7) is 4.56. The summed E-state index contributed by atoms with van der Waals surface area (Å²) in [5.74, 6) is -0.983. The largest absolute Gasteiger partial charge is 0.442 e. The lowest BCUT2D eigenvalue weighted by Crippen LogP contribution is -2.49. The average molecular weight is 613 g/mol. The summed E-state index contributed by atoms with van der Waals surface area (Å²) in [7, 11) is 0. The van der Waals surface area contributed by atoms with Crippen LogP contribution in [0.5, 0.6) is 0 Å². The van der Waals surface area contributed by atoms with Crippen molar-refractivity contribution in [2.24, 2.45) is 5.73 Å². The first kappa shape index (κ1) is 31.8. The summed E-state index contributed by atoms with van der Waals surface area (Å²) in [5.41, 5.74) is 7.43. The van der Waals surface area contributed by atoms with Crippen LogP contribution in [0, 0.1) is 5.82 Å². The molecule has 43 heavy (non-hydrogen) atoms. The minimum absolute atomic E-state index is 0.0829. The molecule has 3 amide bonds. The predicted octanol–water partition coefficient (Wildman–Crippen LogP) is 2.36. The molecule has 0 aliphatic carbocycles. The van der Waals surface area contributed by atoms with Crippen molar-refractivity contribution in [3.05, 3.63) is 59.4 Å². The van der Waals surface area contributed by atoms with Gasteiger partial charge in [-0.1, -0.05) is 43.4 Å². The van der Waals surface area contributed by atoms with Gasteiger partial charge in [0, 0.05) is 51.1 Å². The van der Waals surface area contributed by atoms with Gasteiger partial charge < -0.3 is 30.9 Å². The quantitative estimate of drug-likeness (QED) is 0.244. The van der Waals surface area contributed by atoms with Gasteiger partial charge in [0.2, 0.25) is 11.8 Å². The molecule has 230 valence electrons. The van der Waals surface area contributed by atoms with Crippen LogP contribution in [0.2, 0.25) is 0 Å². The molecule has 0 saturated carbocycles. The zero-order valence-corrected chi connectivity index (χ0v) is 25.0.